The summed E-state index contributed by atoms with van der Waals surface area (Å²) in [4.78, 5) is 15.3. The van der Waals surface area contributed by atoms with Crippen molar-refractivity contribution in [2.24, 2.45) is 0 Å². The Morgan fingerprint density at radius 3 is 1.95 bits per heavy atom. The molecule has 1 amide bonds. The third-order valence-corrected chi connectivity index (χ3v) is 11.9. The maximum atomic E-state index is 12.8. The first-order valence-electron chi connectivity index (χ1n) is 21.4. The molecule has 340 valence electrons. The van der Waals surface area contributed by atoms with Crippen LogP contribution >= 0.6 is 7.81 Å². The summed E-state index contributed by atoms with van der Waals surface area (Å²) in [6, 6.07) is 34.3. The predicted octanol–water partition coefficient (Wildman–Crippen LogP) is 13.6. The van der Waals surface area contributed by atoms with E-state index >= 15 is 0 Å². The molecular weight excluding hydrogens is 860 g/mol. The van der Waals surface area contributed by atoms with Crippen LogP contribution in [0.3, 0.4) is 0 Å². The van der Waals surface area contributed by atoms with Crippen LogP contribution in [0, 0.1) is 6.92 Å². The first-order valence-corrected chi connectivity index (χ1v) is 23.5. The average Bonchev–Trinajstić information content (AvgIpc) is 3.59. The molecule has 2 aliphatic heterocycles. The molecule has 0 spiro atoms. The molecular formula is C50H52F6N7OP. The van der Waals surface area contributed by atoms with Crippen molar-refractivity contribution in [3.05, 3.63) is 156 Å². The number of hydrogen-bond acceptors (Lipinski definition) is 6. The average molecular weight is 912 g/mol. The summed E-state index contributed by atoms with van der Waals surface area (Å²) in [7, 11) is -8.48. The van der Waals surface area contributed by atoms with Gasteiger partial charge in [-0.05, 0) is 84.5 Å². The monoisotopic (exact) mass is 911 g/mol. The number of aryl methyl sites for hydroxylation is 1. The molecule has 1 N–H and O–H groups in total. The fourth-order valence-corrected chi connectivity index (χ4v) is 9.02. The zero-order valence-corrected chi connectivity index (χ0v) is 38.1. The van der Waals surface area contributed by atoms with Gasteiger partial charge in [-0.1, -0.05) is 117 Å². The van der Waals surface area contributed by atoms with Gasteiger partial charge in [0.1, 0.15) is 7.05 Å². The van der Waals surface area contributed by atoms with Gasteiger partial charge in [-0.2, -0.15) is 4.58 Å². The summed E-state index contributed by atoms with van der Waals surface area (Å²) in [6.45, 7) is 12.5. The number of nitrogens with one attached hydrogen (secondary N) is 1. The summed E-state index contributed by atoms with van der Waals surface area (Å²) in [5.74, 6) is 1.09. The van der Waals surface area contributed by atoms with E-state index in [1.165, 1.54) is 55.5 Å². The molecule has 0 aliphatic carbocycles. The van der Waals surface area contributed by atoms with Gasteiger partial charge in [0.05, 0.1) is 5.41 Å². The van der Waals surface area contributed by atoms with Gasteiger partial charge >= 0.3 is 33.0 Å². The second kappa shape index (κ2) is 17.3. The molecule has 15 heteroatoms. The van der Waals surface area contributed by atoms with Crippen LogP contribution in [-0.4, -0.2) is 50.2 Å². The molecule has 6 aromatic rings. The number of carbonyl (C=O) groups excluding carboxylic acids is 1. The van der Waals surface area contributed by atoms with Gasteiger partial charge in [-0.25, -0.2) is 0 Å². The van der Waals surface area contributed by atoms with Gasteiger partial charge in [-0.3, -0.25) is 4.79 Å². The number of rotatable bonds is 12. The topological polar surface area (TPSA) is 86.9 Å². The van der Waals surface area contributed by atoms with Crippen molar-refractivity contribution < 1.29 is 34.6 Å². The number of anilines is 1. The first kappa shape index (κ1) is 46.7. The zero-order chi connectivity index (χ0) is 46.9. The number of unbranched alkanes of at least 4 members (excludes halogenated alkanes) is 2. The molecule has 0 saturated carbocycles. The predicted molar refractivity (Wildman–Crippen MR) is 250 cm³/mol. The van der Waals surface area contributed by atoms with Crippen LogP contribution in [0.5, 0.6) is 0 Å². The number of allylic oxidation sites excluding steroid dienone is 6. The third kappa shape index (κ3) is 11.2. The summed E-state index contributed by atoms with van der Waals surface area (Å²) in [5, 5.41) is 24.4. The van der Waals surface area contributed by atoms with E-state index in [0.717, 1.165) is 36.9 Å². The normalized spacial score (nSPS) is 17.0. The molecule has 5 aromatic carbocycles. The molecule has 8 rings (SSSR count). The second-order valence-electron chi connectivity index (χ2n) is 17.5. The van der Waals surface area contributed by atoms with Crippen LogP contribution in [0.1, 0.15) is 75.9 Å². The van der Waals surface area contributed by atoms with E-state index in [1.54, 1.807) is 6.92 Å². The van der Waals surface area contributed by atoms with Crippen molar-refractivity contribution in [1.29, 1.82) is 0 Å². The zero-order valence-electron chi connectivity index (χ0n) is 37.2. The van der Waals surface area contributed by atoms with Gasteiger partial charge in [0.25, 0.3) is 0 Å². The van der Waals surface area contributed by atoms with E-state index in [2.05, 4.69) is 173 Å². The van der Waals surface area contributed by atoms with Gasteiger partial charge in [-0.15, -0.1) is 20.4 Å². The molecule has 1 aromatic heterocycles. The quantitative estimate of drug-likeness (QED) is 0.0433. The van der Waals surface area contributed by atoms with Gasteiger partial charge in [0, 0.05) is 59.6 Å². The van der Waals surface area contributed by atoms with Crippen LogP contribution in [0.15, 0.2) is 133 Å². The van der Waals surface area contributed by atoms with Crippen molar-refractivity contribution in [1.82, 2.24) is 25.7 Å². The van der Waals surface area contributed by atoms with E-state index in [1.807, 2.05) is 24.3 Å². The number of hydrogen-bond donors (Lipinski definition) is 1. The molecule has 0 saturated heterocycles. The van der Waals surface area contributed by atoms with E-state index in [4.69, 9.17) is 0 Å². The Morgan fingerprint density at radius 2 is 1.31 bits per heavy atom. The van der Waals surface area contributed by atoms with E-state index in [-0.39, 0.29) is 16.7 Å². The van der Waals surface area contributed by atoms with Gasteiger partial charge in [0.15, 0.2) is 11.5 Å². The van der Waals surface area contributed by atoms with Crippen molar-refractivity contribution in [3.8, 4) is 11.4 Å². The number of aromatic nitrogens is 4. The SMILES string of the molecule is Cc1nnc(-c2ccc(CNC(=O)CCCCCN3C(=CC=CC=CC4=[N+](C)c5ccc6ccccc6c5C4(C)C)C(C)(C)c4c3ccc3ccccc43)cc2)nn1.F[P-](F)(F)(F)(F)F. The molecule has 0 bridgehead atoms. The summed E-state index contributed by atoms with van der Waals surface area (Å²) in [6.07, 6.45) is 14.4. The van der Waals surface area contributed by atoms with Gasteiger partial charge in [0.2, 0.25) is 17.4 Å². The Balaban J connectivity index is 0.000000833. The Hall–Kier alpha value is -6.27. The Bertz CT molecular complexity index is 2880. The van der Waals surface area contributed by atoms with Crippen LogP contribution in [0.25, 0.3) is 32.9 Å². The molecule has 0 unspecified atom stereocenters. The van der Waals surface area contributed by atoms with Gasteiger partial charge < -0.3 is 10.2 Å². The van der Waals surface area contributed by atoms with Crippen LogP contribution in [-0.2, 0) is 22.2 Å². The third-order valence-electron chi connectivity index (χ3n) is 11.9. The maximum absolute atomic E-state index is 12.8. The van der Waals surface area contributed by atoms with Crippen LogP contribution in [0.2, 0.25) is 0 Å². The molecule has 8 nitrogen and oxygen atoms in total. The van der Waals surface area contributed by atoms with Crippen LogP contribution < -0.4 is 10.2 Å². The summed E-state index contributed by atoms with van der Waals surface area (Å²) in [5.41, 5.74) is 9.44. The molecule has 0 fully saturated rings. The van der Waals surface area contributed by atoms with E-state index in [0.29, 0.717) is 24.6 Å². The molecule has 0 atom stereocenters. The summed E-state index contributed by atoms with van der Waals surface area (Å²) >= 11 is 0. The number of nitrogens with zero attached hydrogens (tertiary/aromatic N) is 6. The molecule has 2 aliphatic rings. The summed E-state index contributed by atoms with van der Waals surface area (Å²) < 4.78 is 61.5. The van der Waals surface area contributed by atoms with Crippen molar-refractivity contribution in [2.75, 3.05) is 18.5 Å². The standard InChI is InChI=1S/C50H51N7O.F6P/c1-34-52-54-48(55-53-34)38-26-24-35(25-27-38)33-51-45(58)23-11-8-16-32-57-42-31-29-37-18-13-15-20-40(37)47(42)50(4,5)44(57)22-10-7-9-21-43-49(2,3)46-39-19-14-12-17-36(39)28-30-41(46)56(43)6;1-7(2,3,4,5)6/h7,9-10,12-15,17-22,24-31H,8,11,16,23,32-33H2,1-6H3;/q;-1/p+1. The number of benzene rings is 5. The van der Waals surface area contributed by atoms with Crippen molar-refractivity contribution in [2.45, 2.75) is 77.7 Å². The fourth-order valence-electron chi connectivity index (χ4n) is 9.02. The number of amides is 1. The minimum absolute atomic E-state index is 0.0693. The van der Waals surface area contributed by atoms with E-state index in [9.17, 15) is 30.0 Å². The molecule has 3 heterocycles. The van der Waals surface area contributed by atoms with E-state index < -0.39 is 7.81 Å². The number of fused-ring (bicyclic) bond motifs is 6. The first-order chi connectivity index (χ1) is 30.5. The Morgan fingerprint density at radius 1 is 0.708 bits per heavy atom. The second-order valence-corrected chi connectivity index (χ2v) is 19.4. The Kier molecular flexibility index (Phi) is 12.4. The van der Waals surface area contributed by atoms with Crippen molar-refractivity contribution in [3.63, 3.8) is 0 Å². The van der Waals surface area contributed by atoms with Crippen molar-refractivity contribution >= 4 is 52.3 Å². The van der Waals surface area contributed by atoms with Crippen LogP contribution in [0.4, 0.5) is 36.6 Å². The number of carbonyl (C=O) groups is 1. The number of halogens is 6. The molecule has 0 radical (unpaired) electrons. The fraction of sp³-hybridized carbons (Fsp3) is 0.280. The minimum atomic E-state index is -10.7. The molecule has 65 heavy (non-hydrogen) atoms. The Labute approximate surface area is 374 Å².